The van der Waals surface area contributed by atoms with Crippen LogP contribution in [0.4, 0.5) is 0 Å². The summed E-state index contributed by atoms with van der Waals surface area (Å²) in [4.78, 5) is 9.98. The van der Waals surface area contributed by atoms with Crippen molar-refractivity contribution in [2.24, 2.45) is 5.10 Å². The molecule has 0 aliphatic heterocycles. The van der Waals surface area contributed by atoms with E-state index in [2.05, 4.69) is 24.4 Å². The number of hydrogen-bond donors (Lipinski definition) is 1. The van der Waals surface area contributed by atoms with Gasteiger partial charge in [0, 0.05) is 13.1 Å². The molecule has 0 unspecified atom stereocenters. The highest BCUT2D eigenvalue weighted by Gasteiger charge is 1.78. The topological polar surface area (TPSA) is 41.5 Å². The number of rotatable bonds is 2. The van der Waals surface area contributed by atoms with Gasteiger partial charge in [0.1, 0.15) is 0 Å². The van der Waals surface area contributed by atoms with Crippen LogP contribution in [-0.2, 0) is 4.79 Å². The van der Waals surface area contributed by atoms with Crippen LogP contribution in [0.3, 0.4) is 0 Å². The number of nitrogens with one attached hydrogen (secondary N) is 1. The van der Waals surface area contributed by atoms with E-state index in [0.717, 1.165) is 0 Å². The van der Waals surface area contributed by atoms with Crippen molar-refractivity contribution in [2.75, 3.05) is 0 Å². The van der Waals surface area contributed by atoms with Gasteiger partial charge >= 0.3 is 0 Å². The van der Waals surface area contributed by atoms with Gasteiger partial charge in [-0.3, -0.25) is 4.79 Å². The van der Waals surface area contributed by atoms with Crippen LogP contribution in [0.2, 0.25) is 0 Å². The normalized spacial score (nSPS) is 7.20. The van der Waals surface area contributed by atoms with Gasteiger partial charge < -0.3 is 0 Å². The lowest BCUT2D eigenvalue weighted by molar-refractivity contribution is -0.118. The minimum Gasteiger partial charge on any atom is -0.274 e. The van der Waals surface area contributed by atoms with E-state index in [1.807, 2.05) is 27.7 Å². The largest absolute Gasteiger partial charge is 0.274 e. The van der Waals surface area contributed by atoms with Crippen molar-refractivity contribution in [2.45, 2.75) is 68.2 Å². The highest BCUT2D eigenvalue weighted by atomic mass is 16.2. The van der Waals surface area contributed by atoms with Gasteiger partial charge in [-0.2, -0.15) is 5.10 Å². The number of hydrogen-bond acceptors (Lipinski definition) is 2. The highest BCUT2D eigenvalue weighted by Crippen LogP contribution is 1.76. The molecule has 0 saturated carbocycles. The molecule has 0 aromatic rings. The first-order valence-electron chi connectivity index (χ1n) is 5.93. The third-order valence-electron chi connectivity index (χ3n) is 0.851. The number of carbonyl (C=O) groups is 1. The smallest absolute Gasteiger partial charge is 0.236 e. The van der Waals surface area contributed by atoms with Crippen LogP contribution in [0.15, 0.2) is 5.10 Å². The van der Waals surface area contributed by atoms with Gasteiger partial charge in [-0.1, -0.05) is 54.4 Å². The Balaban J connectivity index is -0.0000000647. The zero-order valence-corrected chi connectivity index (χ0v) is 11.8. The van der Waals surface area contributed by atoms with Crippen molar-refractivity contribution >= 4 is 12.1 Å². The fourth-order valence-corrected chi connectivity index (χ4v) is 0.155. The predicted octanol–water partition coefficient (Wildman–Crippen LogP) is 3.99. The fourth-order valence-electron chi connectivity index (χ4n) is 0.155. The quantitative estimate of drug-likeness (QED) is 0.552. The maximum atomic E-state index is 9.98. The molecule has 0 fully saturated rings. The second kappa shape index (κ2) is 38.0. The Kier molecular flexibility index (Phi) is 60.1. The molecule has 15 heavy (non-hydrogen) atoms. The minimum absolute atomic E-state index is 0.141. The number of nitrogens with zero attached hydrogens (tertiary/aromatic N) is 1. The Hall–Kier alpha value is -0.860. The van der Waals surface area contributed by atoms with E-state index in [1.165, 1.54) is 26.0 Å². The first-order valence-corrected chi connectivity index (χ1v) is 5.93. The molecule has 0 bridgehead atoms. The maximum Gasteiger partial charge on any atom is 0.236 e. The third kappa shape index (κ3) is 95.1. The molecule has 0 aliphatic rings. The van der Waals surface area contributed by atoms with Crippen molar-refractivity contribution < 1.29 is 4.79 Å². The van der Waals surface area contributed by atoms with E-state index in [9.17, 15) is 4.79 Å². The number of unbranched alkanes of at least 4 members (excludes halogenated alkanes) is 1. The summed E-state index contributed by atoms with van der Waals surface area (Å²) in [5.74, 6) is -0.141. The lowest BCUT2D eigenvalue weighted by Crippen LogP contribution is -2.11. The molecule has 0 aromatic carbocycles. The molecule has 0 radical (unpaired) electrons. The number of hydrazone groups is 1. The van der Waals surface area contributed by atoms with E-state index in [0.29, 0.717) is 0 Å². The van der Waals surface area contributed by atoms with Gasteiger partial charge in [0.15, 0.2) is 0 Å². The highest BCUT2D eigenvalue weighted by molar-refractivity contribution is 5.73. The lowest BCUT2D eigenvalue weighted by Gasteiger charge is -1.84. The Bertz CT molecular complexity index is 110. The zero-order chi connectivity index (χ0) is 13.1. The third-order valence-corrected chi connectivity index (χ3v) is 0.851. The van der Waals surface area contributed by atoms with Crippen LogP contribution in [0, 0.1) is 0 Å². The molecule has 0 saturated heterocycles. The van der Waals surface area contributed by atoms with Crippen LogP contribution < -0.4 is 5.43 Å². The fraction of sp³-hybridized carbons (Fsp3) is 0.833. The summed E-state index contributed by atoms with van der Waals surface area (Å²) >= 11 is 0. The first kappa shape index (κ1) is 23.7. The zero-order valence-electron chi connectivity index (χ0n) is 11.8. The summed E-state index contributed by atoms with van der Waals surface area (Å²) in [6.07, 6.45) is 4.15. The van der Waals surface area contributed by atoms with Crippen molar-refractivity contribution in [1.29, 1.82) is 0 Å². The van der Waals surface area contributed by atoms with Crippen LogP contribution in [-0.4, -0.2) is 12.1 Å². The second-order valence-corrected chi connectivity index (χ2v) is 2.06. The molecule has 3 heteroatoms. The Morgan fingerprint density at radius 1 is 1.13 bits per heavy atom. The Labute approximate surface area is 96.3 Å². The summed E-state index contributed by atoms with van der Waals surface area (Å²) < 4.78 is 0. The van der Waals surface area contributed by atoms with Crippen molar-refractivity contribution in [3.63, 3.8) is 0 Å². The molecule has 1 N–H and O–H groups in total. The summed E-state index contributed by atoms with van der Waals surface area (Å²) in [7, 11) is 0. The van der Waals surface area contributed by atoms with Crippen molar-refractivity contribution in [1.82, 2.24) is 5.43 Å². The number of amides is 1. The van der Waals surface area contributed by atoms with E-state index in [-0.39, 0.29) is 5.91 Å². The first-order chi connectivity index (χ1) is 7.18. The van der Waals surface area contributed by atoms with Gasteiger partial charge in [0.25, 0.3) is 0 Å². The SMILES string of the molecule is C/C=N\NC(C)=O.CC.CC.CCCC. The summed E-state index contributed by atoms with van der Waals surface area (Å²) in [5.41, 5.74) is 2.23. The molecule has 1 amide bonds. The molecule has 0 spiro atoms. The lowest BCUT2D eigenvalue weighted by atomic mass is 10.4. The van der Waals surface area contributed by atoms with Crippen LogP contribution in [0.5, 0.6) is 0 Å². The molecular weight excluding hydrogens is 188 g/mol. The summed E-state index contributed by atoms with van der Waals surface area (Å²) in [6.45, 7) is 15.5. The van der Waals surface area contributed by atoms with Gasteiger partial charge in [-0.05, 0) is 6.92 Å². The Morgan fingerprint density at radius 3 is 1.53 bits per heavy atom. The minimum atomic E-state index is -0.141. The van der Waals surface area contributed by atoms with Crippen LogP contribution in [0.25, 0.3) is 0 Å². The molecule has 0 atom stereocenters. The molecule has 94 valence electrons. The standard InChI is InChI=1S/C4H8N2O.C4H10.2C2H6/c1-3-5-6-4(2)7;1-3-4-2;2*1-2/h3H,1-2H3,(H,6,7);3-4H2,1-2H3;2*1-2H3/b5-3-;;;. The van der Waals surface area contributed by atoms with Crippen LogP contribution >= 0.6 is 0 Å². The molecule has 0 aromatic heterocycles. The van der Waals surface area contributed by atoms with Gasteiger partial charge in [0.05, 0.1) is 0 Å². The van der Waals surface area contributed by atoms with E-state index in [1.54, 1.807) is 6.92 Å². The molecule has 0 aliphatic carbocycles. The van der Waals surface area contributed by atoms with Gasteiger partial charge in [-0.25, -0.2) is 5.43 Å². The Morgan fingerprint density at radius 2 is 1.47 bits per heavy atom. The molecule has 3 nitrogen and oxygen atoms in total. The van der Waals surface area contributed by atoms with E-state index in [4.69, 9.17) is 0 Å². The monoisotopic (exact) mass is 218 g/mol. The maximum absolute atomic E-state index is 9.98. The van der Waals surface area contributed by atoms with Gasteiger partial charge in [-0.15, -0.1) is 0 Å². The average Bonchev–Trinajstić information content (AvgIpc) is 2.32. The molecular formula is C12H30N2O. The van der Waals surface area contributed by atoms with Crippen molar-refractivity contribution in [3.8, 4) is 0 Å². The summed E-state index contributed by atoms with van der Waals surface area (Å²) in [5, 5.41) is 3.45. The van der Waals surface area contributed by atoms with E-state index < -0.39 is 0 Å². The van der Waals surface area contributed by atoms with Crippen LogP contribution in [0.1, 0.15) is 68.2 Å². The average molecular weight is 218 g/mol. The second-order valence-electron chi connectivity index (χ2n) is 2.06. The predicted molar refractivity (Wildman–Crippen MR) is 71.3 cm³/mol. The molecule has 0 heterocycles. The van der Waals surface area contributed by atoms with E-state index >= 15 is 0 Å². The summed E-state index contributed by atoms with van der Waals surface area (Å²) in [6, 6.07) is 0. The van der Waals surface area contributed by atoms with Crippen molar-refractivity contribution in [3.05, 3.63) is 0 Å². The van der Waals surface area contributed by atoms with Gasteiger partial charge in [0.2, 0.25) is 5.91 Å². The number of carbonyl (C=O) groups excluding carboxylic acids is 1. The molecule has 0 rings (SSSR count).